The van der Waals surface area contributed by atoms with Gasteiger partial charge in [0.2, 0.25) is 0 Å². The normalized spacial score (nSPS) is 2.06. The molecule has 0 rings (SSSR count). The van der Waals surface area contributed by atoms with Gasteiger partial charge in [0, 0.05) is 21.1 Å². The van der Waals surface area contributed by atoms with Gasteiger partial charge >= 0.3 is 0 Å². The largest absolute Gasteiger partial charge is 0.545 e. The third-order valence-corrected chi connectivity index (χ3v) is 0. The van der Waals surface area contributed by atoms with Gasteiger partial charge in [0.05, 0.1) is 0 Å². The topological polar surface area (TPSA) is 123 Å². The Kier molecular flexibility index (Phi) is 8960. The maximum Gasteiger partial charge on any atom is 0 e. The molecule has 0 aliphatic rings. The van der Waals surface area contributed by atoms with Crippen LogP contribution in [0.25, 0.3) is 0 Å². The molecule has 90 valence electrons. The summed E-state index contributed by atoms with van der Waals surface area (Å²) in [4.78, 5) is 23.2. The first-order chi connectivity index (χ1) is 7.24. The van der Waals surface area contributed by atoms with Crippen LogP contribution in [0, 0.1) is 54.8 Å². The zero-order valence-electron chi connectivity index (χ0n) is 8.33. The first-order valence-electron chi connectivity index (χ1n) is 2.44. The number of nitriles is 3. The third-order valence-electron chi connectivity index (χ3n) is 0. The average molecular weight is 303 g/mol. The molecule has 0 N–H and O–H groups in total. The maximum absolute atomic E-state index is 7.75. The fraction of sp³-hybridized carbons (Fsp3) is 0. The van der Waals surface area contributed by atoms with Crippen molar-refractivity contribution in [2.24, 2.45) is 0 Å². The first kappa shape index (κ1) is 49.0. The van der Waals surface area contributed by atoms with E-state index in [2.05, 4.69) is 41.1 Å². The molecule has 0 fully saturated rings. The third kappa shape index (κ3) is 277. The van der Waals surface area contributed by atoms with E-state index < -0.39 is 0 Å². The summed E-state index contributed by atoms with van der Waals surface area (Å²) in [6.07, 6.45) is 0. The zero-order valence-corrected chi connectivity index (χ0v) is 10.3. The van der Waals surface area contributed by atoms with Gasteiger partial charge in [-0.05, 0) is 0 Å². The quantitative estimate of drug-likeness (QED) is 0.358. The summed E-state index contributed by atoms with van der Waals surface area (Å²) in [5.74, 6) is 0. The second-order valence-corrected chi connectivity index (χ2v) is 0.474. The van der Waals surface area contributed by atoms with E-state index in [9.17, 15) is 0 Å². The Hall–Kier alpha value is -2.22. The van der Waals surface area contributed by atoms with Crippen LogP contribution in [0.1, 0.15) is 0 Å². The molecule has 0 amide bonds. The molecule has 0 aromatic heterocycles. The fourth-order valence-electron chi connectivity index (χ4n) is 0. The van der Waals surface area contributed by atoms with E-state index in [1.54, 1.807) is 0 Å². The van der Waals surface area contributed by atoms with Gasteiger partial charge in [-0.3, -0.25) is 20.4 Å². The van der Waals surface area contributed by atoms with Crippen LogP contribution in [0.4, 0.5) is 0 Å². The van der Waals surface area contributed by atoms with E-state index in [1.165, 1.54) is 18.2 Å². The standard InChI is InChI=1S/3C2H2N.3CHO.Mo/c3*1-2-3;3*1-2;/h3*1H2;3*1H;/q6*-1;. The molecular weight excluding hydrogens is 294 g/mol. The van der Waals surface area contributed by atoms with Crippen molar-refractivity contribution in [1.29, 1.82) is 15.8 Å². The van der Waals surface area contributed by atoms with Gasteiger partial charge in [0.25, 0.3) is 0 Å². The van der Waals surface area contributed by atoms with E-state index in [1.807, 2.05) is 0 Å². The predicted molar refractivity (Wildman–Crippen MR) is 53.2 cm³/mol. The Labute approximate surface area is 111 Å². The molecule has 0 saturated carbocycles. The van der Waals surface area contributed by atoms with Crippen molar-refractivity contribution in [2.75, 3.05) is 0 Å². The Morgan fingerprint density at radius 3 is 0.625 bits per heavy atom. The van der Waals surface area contributed by atoms with Crippen molar-refractivity contribution < 1.29 is 35.4 Å². The monoisotopic (exact) mass is 305 g/mol. The van der Waals surface area contributed by atoms with Gasteiger partial charge in [-0.15, -0.1) is 18.2 Å². The number of hydrogen-bond acceptors (Lipinski definition) is 6. The molecule has 0 spiro atoms. The number of nitrogens with zero attached hydrogens (tertiary/aromatic N) is 3. The molecule has 0 aliphatic carbocycles. The van der Waals surface area contributed by atoms with Gasteiger partial charge < -0.3 is 35.2 Å². The Morgan fingerprint density at radius 1 is 0.625 bits per heavy atom. The molecule has 0 saturated heterocycles. The van der Waals surface area contributed by atoms with Gasteiger partial charge in [-0.25, -0.2) is 15.8 Å². The van der Waals surface area contributed by atoms with Crippen molar-refractivity contribution in [1.82, 2.24) is 0 Å². The van der Waals surface area contributed by atoms with Crippen LogP contribution in [-0.2, 0) is 35.4 Å². The average Bonchev–Trinajstić information content (AvgIpc) is 2.29. The number of hydrogen-bond donors (Lipinski definition) is 0. The van der Waals surface area contributed by atoms with Crippen LogP contribution >= 0.6 is 0 Å². The maximum atomic E-state index is 7.75. The molecule has 0 aliphatic heterocycles. The molecule has 0 radical (unpaired) electrons. The van der Waals surface area contributed by atoms with Crippen molar-refractivity contribution >= 4 is 20.4 Å². The van der Waals surface area contributed by atoms with Crippen LogP contribution in [0.3, 0.4) is 0 Å². The molecule has 0 bridgehead atoms. The van der Waals surface area contributed by atoms with Crippen molar-refractivity contribution in [3.63, 3.8) is 0 Å². The molecule has 16 heavy (non-hydrogen) atoms. The van der Waals surface area contributed by atoms with Gasteiger partial charge in [-0.1, -0.05) is 0 Å². The molecule has 0 aromatic carbocycles. The second kappa shape index (κ2) is 2930. The smallest absolute Gasteiger partial charge is 0 e. The molecular formula is C9H9MoN3O3-6. The zero-order chi connectivity index (χ0) is 14.1. The molecule has 0 aromatic rings. The van der Waals surface area contributed by atoms with Crippen LogP contribution in [-0.4, -0.2) is 20.4 Å². The van der Waals surface area contributed by atoms with Crippen molar-refractivity contribution in [3.05, 3.63) is 20.8 Å². The van der Waals surface area contributed by atoms with Gasteiger partial charge in [-0.2, -0.15) is 0 Å². The summed E-state index contributed by atoms with van der Waals surface area (Å²) in [6, 6.07) is 4.50. The number of carbonyl (C=O) groups excluding carboxylic acids is 3. The minimum atomic E-state index is 0. The minimum absolute atomic E-state index is 0. The van der Waals surface area contributed by atoms with Crippen molar-refractivity contribution in [2.45, 2.75) is 0 Å². The van der Waals surface area contributed by atoms with Crippen LogP contribution < -0.4 is 0 Å². The fourth-order valence-corrected chi connectivity index (χ4v) is 0. The summed E-state index contributed by atoms with van der Waals surface area (Å²) < 4.78 is 0. The molecule has 0 heterocycles. The van der Waals surface area contributed by atoms with E-state index in [4.69, 9.17) is 30.2 Å². The van der Waals surface area contributed by atoms with E-state index in [0.29, 0.717) is 0 Å². The van der Waals surface area contributed by atoms with E-state index >= 15 is 0 Å². The minimum Gasteiger partial charge on any atom is -0.545 e. The Bertz CT molecular complexity index is 149. The summed E-state index contributed by atoms with van der Waals surface area (Å²) in [5.41, 5.74) is 0. The second-order valence-electron chi connectivity index (χ2n) is 0.474. The van der Waals surface area contributed by atoms with E-state index in [-0.39, 0.29) is 21.1 Å². The van der Waals surface area contributed by atoms with Gasteiger partial charge in [0.15, 0.2) is 0 Å². The first-order valence-corrected chi connectivity index (χ1v) is 2.44. The molecule has 6 nitrogen and oxygen atoms in total. The summed E-state index contributed by atoms with van der Waals surface area (Å²) in [7, 11) is 0. The summed E-state index contributed by atoms with van der Waals surface area (Å²) >= 11 is 0. The van der Waals surface area contributed by atoms with Crippen molar-refractivity contribution in [3.8, 4) is 18.2 Å². The summed E-state index contributed by atoms with van der Waals surface area (Å²) in [5, 5.41) is 21.6. The van der Waals surface area contributed by atoms with Gasteiger partial charge in [0.1, 0.15) is 0 Å². The Morgan fingerprint density at radius 2 is 0.625 bits per heavy atom. The number of rotatable bonds is 0. The molecule has 0 atom stereocenters. The molecule has 7 heteroatoms. The molecule has 0 unspecified atom stereocenters. The van der Waals surface area contributed by atoms with Crippen LogP contribution in [0.2, 0.25) is 0 Å². The predicted octanol–water partition coefficient (Wildman–Crippen LogP) is 0.207. The Balaban J connectivity index is -0.0000000122. The summed E-state index contributed by atoms with van der Waals surface area (Å²) in [6.45, 7) is 18.1. The SMILES string of the molecule is [CH-]=O.[CH-]=O.[CH-]=O.[CH2-]C#N.[CH2-]C#N.[CH2-]C#N.[Mo]. The van der Waals surface area contributed by atoms with E-state index in [0.717, 1.165) is 0 Å². The van der Waals surface area contributed by atoms with Crippen LogP contribution in [0.15, 0.2) is 0 Å². The van der Waals surface area contributed by atoms with Crippen LogP contribution in [0.5, 0.6) is 0 Å².